The van der Waals surface area contributed by atoms with Crippen LogP contribution in [0.4, 0.5) is 0 Å². The summed E-state index contributed by atoms with van der Waals surface area (Å²) >= 11 is 0. The van der Waals surface area contributed by atoms with Crippen LogP contribution in [-0.2, 0) is 19.4 Å². The second-order valence-electron chi connectivity index (χ2n) is 4.51. The number of sulfone groups is 1. The van der Waals surface area contributed by atoms with Crippen molar-refractivity contribution in [1.82, 2.24) is 5.32 Å². The molecule has 6 nitrogen and oxygen atoms in total. The lowest BCUT2D eigenvalue weighted by Crippen LogP contribution is -2.31. The van der Waals surface area contributed by atoms with E-state index in [0.29, 0.717) is 5.56 Å². The van der Waals surface area contributed by atoms with Crippen molar-refractivity contribution in [2.45, 2.75) is 18.9 Å². The molecule has 20 heavy (non-hydrogen) atoms. The van der Waals surface area contributed by atoms with E-state index in [1.165, 1.54) is 0 Å². The molecular weight excluding hydrogens is 282 g/mol. The Labute approximate surface area is 117 Å². The van der Waals surface area contributed by atoms with Gasteiger partial charge in [0.1, 0.15) is 9.84 Å². The average Bonchev–Trinajstić information content (AvgIpc) is 2.35. The highest BCUT2D eigenvalue weighted by molar-refractivity contribution is 7.90. The Kier molecular flexibility index (Phi) is 5.69. The van der Waals surface area contributed by atoms with Crippen molar-refractivity contribution in [2.24, 2.45) is 0 Å². The lowest BCUT2D eigenvalue weighted by molar-refractivity contribution is -0.137. The molecule has 0 spiro atoms. The van der Waals surface area contributed by atoms with Gasteiger partial charge in [0.05, 0.1) is 18.2 Å². The van der Waals surface area contributed by atoms with Crippen molar-refractivity contribution in [3.63, 3.8) is 0 Å². The van der Waals surface area contributed by atoms with Gasteiger partial charge in [-0.1, -0.05) is 30.3 Å². The maximum Gasteiger partial charge on any atom is 0.305 e. The smallest absolute Gasteiger partial charge is 0.305 e. The predicted molar refractivity (Wildman–Crippen MR) is 73.9 cm³/mol. The number of carboxylic acids is 1. The molecule has 0 heterocycles. The Bertz CT molecular complexity index is 568. The lowest BCUT2D eigenvalue weighted by Gasteiger charge is -2.17. The van der Waals surface area contributed by atoms with Gasteiger partial charge in [-0.2, -0.15) is 0 Å². The number of carboxylic acid groups (broad SMARTS) is 1. The van der Waals surface area contributed by atoms with E-state index in [1.54, 1.807) is 30.3 Å². The second-order valence-corrected chi connectivity index (χ2v) is 6.77. The molecule has 1 amide bonds. The van der Waals surface area contributed by atoms with Crippen LogP contribution in [-0.4, -0.2) is 37.4 Å². The second kappa shape index (κ2) is 7.04. The zero-order valence-corrected chi connectivity index (χ0v) is 11.9. The third-order valence-corrected chi connectivity index (χ3v) is 3.56. The summed E-state index contributed by atoms with van der Waals surface area (Å²) < 4.78 is 22.0. The highest BCUT2D eigenvalue weighted by Gasteiger charge is 2.18. The van der Waals surface area contributed by atoms with Gasteiger partial charge in [0, 0.05) is 12.7 Å². The fourth-order valence-electron chi connectivity index (χ4n) is 1.66. The molecule has 2 N–H and O–H groups in total. The van der Waals surface area contributed by atoms with Crippen molar-refractivity contribution in [3.05, 3.63) is 35.9 Å². The number of hydrogen-bond donors (Lipinski definition) is 2. The van der Waals surface area contributed by atoms with E-state index in [2.05, 4.69) is 5.32 Å². The van der Waals surface area contributed by atoms with Crippen molar-refractivity contribution in [3.8, 4) is 0 Å². The Morgan fingerprint density at radius 2 is 1.85 bits per heavy atom. The van der Waals surface area contributed by atoms with Gasteiger partial charge in [0.2, 0.25) is 5.91 Å². The molecular formula is C13H17NO5S. The molecule has 0 bridgehead atoms. The zero-order valence-electron chi connectivity index (χ0n) is 11.1. The number of nitrogens with one attached hydrogen (secondary N) is 1. The van der Waals surface area contributed by atoms with E-state index in [9.17, 15) is 18.0 Å². The van der Waals surface area contributed by atoms with Crippen molar-refractivity contribution >= 4 is 21.7 Å². The first-order valence-electron chi connectivity index (χ1n) is 6.02. The molecule has 110 valence electrons. The van der Waals surface area contributed by atoms with E-state index in [-0.39, 0.29) is 18.6 Å². The molecule has 0 radical (unpaired) electrons. The molecule has 1 atom stereocenters. The number of aliphatic carboxylic acids is 1. The van der Waals surface area contributed by atoms with E-state index < -0.39 is 27.8 Å². The molecule has 0 saturated carbocycles. The summed E-state index contributed by atoms with van der Waals surface area (Å²) in [6, 6.07) is 8.03. The van der Waals surface area contributed by atoms with E-state index in [4.69, 9.17) is 5.11 Å². The summed E-state index contributed by atoms with van der Waals surface area (Å²) in [6.07, 6.45) is 0.614. The monoisotopic (exact) mass is 299 g/mol. The van der Waals surface area contributed by atoms with Crippen LogP contribution >= 0.6 is 0 Å². The van der Waals surface area contributed by atoms with Gasteiger partial charge in [0.15, 0.2) is 0 Å². The quantitative estimate of drug-likeness (QED) is 0.774. The van der Waals surface area contributed by atoms with Crippen molar-refractivity contribution < 1.29 is 23.1 Å². The SMILES string of the molecule is CS(=O)(=O)CCC(=O)NC(CC(=O)O)c1ccccc1. The van der Waals surface area contributed by atoms with Crippen molar-refractivity contribution in [1.29, 1.82) is 0 Å². The van der Waals surface area contributed by atoms with Gasteiger partial charge in [-0.15, -0.1) is 0 Å². The van der Waals surface area contributed by atoms with E-state index >= 15 is 0 Å². The van der Waals surface area contributed by atoms with E-state index in [0.717, 1.165) is 6.26 Å². The molecule has 1 rings (SSSR count). The Morgan fingerprint density at radius 3 is 2.35 bits per heavy atom. The summed E-state index contributed by atoms with van der Waals surface area (Å²) in [5.41, 5.74) is 0.669. The van der Waals surface area contributed by atoms with Gasteiger partial charge < -0.3 is 10.4 Å². The summed E-state index contributed by atoms with van der Waals surface area (Å²) in [6.45, 7) is 0. The standard InChI is InChI=1S/C13H17NO5S/c1-20(18,19)8-7-12(15)14-11(9-13(16)17)10-5-3-2-4-6-10/h2-6,11H,7-9H2,1H3,(H,14,15)(H,16,17). The average molecular weight is 299 g/mol. The van der Waals surface area contributed by atoms with E-state index in [1.807, 2.05) is 0 Å². The third kappa shape index (κ3) is 6.33. The van der Waals surface area contributed by atoms with Gasteiger partial charge in [-0.25, -0.2) is 8.42 Å². The highest BCUT2D eigenvalue weighted by Crippen LogP contribution is 2.16. The first kappa shape index (κ1) is 16.2. The summed E-state index contributed by atoms with van der Waals surface area (Å²) in [5.74, 6) is -1.78. The van der Waals surface area contributed by atoms with Crippen LogP contribution in [0, 0.1) is 0 Å². The van der Waals surface area contributed by atoms with Crippen LogP contribution in [0.3, 0.4) is 0 Å². The number of amides is 1. The zero-order chi connectivity index (χ0) is 15.2. The van der Waals surface area contributed by atoms with Gasteiger partial charge >= 0.3 is 5.97 Å². The molecule has 0 aliphatic rings. The fourth-order valence-corrected chi connectivity index (χ4v) is 2.21. The molecule has 1 aromatic carbocycles. The van der Waals surface area contributed by atoms with Crippen LogP contribution in [0.15, 0.2) is 30.3 Å². The van der Waals surface area contributed by atoms with Crippen LogP contribution in [0.25, 0.3) is 0 Å². The minimum absolute atomic E-state index is 0.179. The molecule has 7 heteroatoms. The number of hydrogen-bond acceptors (Lipinski definition) is 4. The minimum Gasteiger partial charge on any atom is -0.481 e. The Morgan fingerprint density at radius 1 is 1.25 bits per heavy atom. The molecule has 1 unspecified atom stereocenters. The van der Waals surface area contributed by atoms with Crippen LogP contribution in [0.5, 0.6) is 0 Å². The molecule has 0 aliphatic carbocycles. The van der Waals surface area contributed by atoms with Crippen molar-refractivity contribution in [2.75, 3.05) is 12.0 Å². The summed E-state index contributed by atoms with van der Waals surface area (Å²) in [7, 11) is -3.22. The Hall–Kier alpha value is -1.89. The summed E-state index contributed by atoms with van der Waals surface area (Å²) in [5, 5.41) is 11.4. The number of rotatable bonds is 7. The molecule has 0 saturated heterocycles. The normalized spacial score (nSPS) is 12.7. The molecule has 0 fully saturated rings. The summed E-state index contributed by atoms with van der Waals surface area (Å²) in [4.78, 5) is 22.5. The lowest BCUT2D eigenvalue weighted by atomic mass is 10.0. The predicted octanol–water partition coefficient (Wildman–Crippen LogP) is 0.753. The first-order valence-corrected chi connectivity index (χ1v) is 8.08. The van der Waals surface area contributed by atoms with Crippen LogP contribution < -0.4 is 5.32 Å². The van der Waals surface area contributed by atoms with Gasteiger partial charge in [0.25, 0.3) is 0 Å². The molecule has 0 aliphatic heterocycles. The third-order valence-electron chi connectivity index (χ3n) is 2.62. The molecule has 1 aromatic rings. The van der Waals surface area contributed by atoms with Gasteiger partial charge in [-0.05, 0) is 5.56 Å². The molecule has 0 aromatic heterocycles. The number of carbonyl (C=O) groups excluding carboxylic acids is 1. The highest BCUT2D eigenvalue weighted by atomic mass is 32.2. The largest absolute Gasteiger partial charge is 0.481 e. The van der Waals surface area contributed by atoms with Crippen LogP contribution in [0.1, 0.15) is 24.4 Å². The van der Waals surface area contributed by atoms with Crippen LogP contribution in [0.2, 0.25) is 0 Å². The number of carbonyl (C=O) groups is 2. The first-order chi connectivity index (χ1) is 9.28. The minimum atomic E-state index is -3.22. The maximum absolute atomic E-state index is 11.7. The van der Waals surface area contributed by atoms with Gasteiger partial charge in [-0.3, -0.25) is 9.59 Å². The fraction of sp³-hybridized carbons (Fsp3) is 0.385. The Balaban J connectivity index is 2.71. The number of benzene rings is 1. The maximum atomic E-state index is 11.7. The topological polar surface area (TPSA) is 101 Å².